The number of rotatable bonds is 5. The zero-order valence-corrected chi connectivity index (χ0v) is 19.0. The Morgan fingerprint density at radius 2 is 1.91 bits per heavy atom. The first-order valence-corrected chi connectivity index (χ1v) is 10.8. The second-order valence-corrected chi connectivity index (χ2v) is 9.91. The molecule has 174 valence electrons. The number of halogens is 1. The van der Waals surface area contributed by atoms with Crippen molar-refractivity contribution in [3.05, 3.63) is 35.6 Å². The average molecular weight is 447 g/mol. The number of nitrogens with two attached hydrogens (primary N) is 1. The molecule has 2 aliphatic rings. The lowest BCUT2D eigenvalue weighted by molar-refractivity contribution is -0.142. The van der Waals surface area contributed by atoms with Crippen LogP contribution < -0.4 is 11.1 Å². The van der Waals surface area contributed by atoms with E-state index in [0.717, 1.165) is 28.7 Å². The molecule has 5 amide bonds. The minimum atomic E-state index is -1.23. The highest BCUT2D eigenvalue weighted by Crippen LogP contribution is 2.43. The summed E-state index contributed by atoms with van der Waals surface area (Å²) in [5, 5.41) is 2.80. The van der Waals surface area contributed by atoms with E-state index in [0.29, 0.717) is 18.8 Å². The number of carbonyl (C=O) groups is 4. The Bertz CT molecular complexity index is 934. The van der Waals surface area contributed by atoms with Crippen molar-refractivity contribution in [1.29, 1.82) is 0 Å². The van der Waals surface area contributed by atoms with E-state index < -0.39 is 47.7 Å². The van der Waals surface area contributed by atoms with Crippen molar-refractivity contribution in [2.45, 2.75) is 58.0 Å². The molecule has 8 nitrogen and oxygen atoms in total. The fourth-order valence-electron chi connectivity index (χ4n) is 4.78. The van der Waals surface area contributed by atoms with Crippen LogP contribution in [0.3, 0.4) is 0 Å². The Kier molecular flexibility index (Phi) is 6.31. The van der Waals surface area contributed by atoms with E-state index in [1.807, 2.05) is 0 Å². The summed E-state index contributed by atoms with van der Waals surface area (Å²) in [5.41, 5.74) is 4.81. The number of imide groups is 1. The van der Waals surface area contributed by atoms with Gasteiger partial charge in [0.25, 0.3) is 5.91 Å². The molecule has 1 saturated heterocycles. The molecule has 1 atom stereocenters. The van der Waals surface area contributed by atoms with Crippen LogP contribution in [0.5, 0.6) is 0 Å². The van der Waals surface area contributed by atoms with Gasteiger partial charge in [-0.15, -0.1) is 0 Å². The van der Waals surface area contributed by atoms with Gasteiger partial charge in [0, 0.05) is 7.05 Å². The summed E-state index contributed by atoms with van der Waals surface area (Å²) >= 11 is 0. The topological polar surface area (TPSA) is 113 Å². The minimum absolute atomic E-state index is 0.117. The van der Waals surface area contributed by atoms with Gasteiger partial charge >= 0.3 is 6.03 Å². The smallest absolute Gasteiger partial charge is 0.325 e. The maximum absolute atomic E-state index is 13.6. The first-order valence-electron chi connectivity index (χ1n) is 10.8. The lowest BCUT2D eigenvalue weighted by Crippen LogP contribution is -2.51. The Morgan fingerprint density at radius 1 is 1.28 bits per heavy atom. The first-order chi connectivity index (χ1) is 14.9. The highest BCUT2D eigenvalue weighted by molar-refractivity contribution is 6.09. The highest BCUT2D eigenvalue weighted by atomic mass is 19.1. The van der Waals surface area contributed by atoms with E-state index in [9.17, 15) is 23.6 Å². The van der Waals surface area contributed by atoms with Crippen molar-refractivity contribution in [2.75, 3.05) is 13.6 Å². The van der Waals surface area contributed by atoms with E-state index >= 15 is 0 Å². The monoisotopic (exact) mass is 446 g/mol. The summed E-state index contributed by atoms with van der Waals surface area (Å²) in [7, 11) is 1.34. The van der Waals surface area contributed by atoms with Crippen LogP contribution in [0.1, 0.15) is 58.1 Å². The molecule has 3 rings (SSSR count). The predicted octanol–water partition coefficient (Wildman–Crippen LogP) is 2.34. The molecule has 1 heterocycles. The summed E-state index contributed by atoms with van der Waals surface area (Å²) < 4.78 is 13.6. The van der Waals surface area contributed by atoms with Crippen molar-refractivity contribution in [3.8, 4) is 0 Å². The number of likely N-dealkylation sites (N-methyl/N-ethyl adjacent to an activating group) is 1. The molecule has 1 aliphatic heterocycles. The Hall–Kier alpha value is -2.97. The first kappa shape index (κ1) is 23.7. The fraction of sp³-hybridized carbons (Fsp3) is 0.565. The maximum atomic E-state index is 13.6. The Morgan fingerprint density at radius 3 is 2.44 bits per heavy atom. The quantitative estimate of drug-likeness (QED) is 0.676. The Labute approximate surface area is 187 Å². The standard InChI is InChI=1S/C23H31FN4O4/c1-22(2,3)15-8-10-23(11-9-15)20(31)28(21(32)26-23)13-17(29)27(4)18(19(25)30)14-6-5-7-16(24)12-14/h5-7,12,15,18H,8-11,13H2,1-4H3,(H2,25,30)(H,26,32). The largest absolute Gasteiger partial charge is 0.368 e. The van der Waals surface area contributed by atoms with Crippen LogP contribution in [-0.4, -0.2) is 52.7 Å². The zero-order valence-electron chi connectivity index (χ0n) is 19.0. The minimum Gasteiger partial charge on any atom is -0.368 e. The number of carbonyl (C=O) groups excluding carboxylic acids is 4. The third-order valence-corrected chi connectivity index (χ3v) is 6.82. The van der Waals surface area contributed by atoms with Crippen LogP contribution in [0.25, 0.3) is 0 Å². The van der Waals surface area contributed by atoms with E-state index in [1.54, 1.807) is 0 Å². The zero-order chi connectivity index (χ0) is 23.8. The molecule has 32 heavy (non-hydrogen) atoms. The van der Waals surface area contributed by atoms with Gasteiger partial charge in [-0.1, -0.05) is 32.9 Å². The van der Waals surface area contributed by atoms with Gasteiger partial charge in [0.05, 0.1) is 0 Å². The number of benzene rings is 1. The van der Waals surface area contributed by atoms with Gasteiger partial charge in [-0.2, -0.15) is 0 Å². The number of nitrogens with one attached hydrogen (secondary N) is 1. The summed E-state index contributed by atoms with van der Waals surface area (Å²) in [6, 6.07) is 3.38. The molecular formula is C23H31FN4O4. The second-order valence-electron chi connectivity index (χ2n) is 9.91. The number of amides is 5. The van der Waals surface area contributed by atoms with Crippen molar-refractivity contribution in [1.82, 2.24) is 15.1 Å². The second kappa shape index (κ2) is 8.52. The van der Waals surface area contributed by atoms with Gasteiger partial charge < -0.3 is 16.0 Å². The number of nitrogens with zero attached hydrogens (tertiary/aromatic N) is 2. The summed E-state index contributed by atoms with van der Waals surface area (Å²) in [4.78, 5) is 52.6. The van der Waals surface area contributed by atoms with Crippen molar-refractivity contribution < 1.29 is 23.6 Å². The van der Waals surface area contributed by atoms with Crippen LogP contribution in [0.4, 0.5) is 9.18 Å². The van der Waals surface area contributed by atoms with Gasteiger partial charge in [-0.25, -0.2) is 9.18 Å². The Balaban J connectivity index is 1.72. The van der Waals surface area contributed by atoms with Crippen molar-refractivity contribution >= 4 is 23.8 Å². The average Bonchev–Trinajstić information content (AvgIpc) is 2.91. The van der Waals surface area contributed by atoms with E-state index in [4.69, 9.17) is 5.73 Å². The van der Waals surface area contributed by atoms with Gasteiger partial charge in [-0.3, -0.25) is 19.3 Å². The molecule has 0 bridgehead atoms. The molecule has 0 radical (unpaired) electrons. The van der Waals surface area contributed by atoms with Crippen LogP contribution in [0.15, 0.2) is 24.3 Å². The lowest BCUT2D eigenvalue weighted by Gasteiger charge is -2.40. The summed E-state index contributed by atoms with van der Waals surface area (Å²) in [6.07, 6.45) is 2.65. The fourth-order valence-corrected chi connectivity index (χ4v) is 4.78. The van der Waals surface area contributed by atoms with Crippen molar-refractivity contribution in [2.24, 2.45) is 17.1 Å². The normalized spacial score (nSPS) is 24.4. The van der Waals surface area contributed by atoms with Gasteiger partial charge in [-0.05, 0) is 54.7 Å². The number of hydrogen-bond donors (Lipinski definition) is 2. The van der Waals surface area contributed by atoms with Crippen LogP contribution in [0, 0.1) is 17.2 Å². The SMILES string of the molecule is CN(C(=O)CN1C(=O)NC2(CCC(C(C)(C)C)CC2)C1=O)C(C(N)=O)c1cccc(F)c1. The molecule has 2 fully saturated rings. The molecule has 1 spiro atoms. The maximum Gasteiger partial charge on any atom is 0.325 e. The van der Waals surface area contributed by atoms with Gasteiger partial charge in [0.15, 0.2) is 0 Å². The predicted molar refractivity (Wildman–Crippen MR) is 115 cm³/mol. The third kappa shape index (κ3) is 4.47. The summed E-state index contributed by atoms with van der Waals surface area (Å²) in [6.45, 7) is 5.97. The molecule has 1 aliphatic carbocycles. The van der Waals surface area contributed by atoms with E-state index in [-0.39, 0.29) is 11.0 Å². The summed E-state index contributed by atoms with van der Waals surface area (Å²) in [5.74, 6) is -2.04. The lowest BCUT2D eigenvalue weighted by atomic mass is 9.67. The molecule has 9 heteroatoms. The van der Waals surface area contributed by atoms with E-state index in [1.165, 1.54) is 25.2 Å². The molecule has 1 aromatic rings. The molecule has 1 aromatic carbocycles. The number of primary amides is 1. The molecule has 0 aromatic heterocycles. The van der Waals surface area contributed by atoms with Gasteiger partial charge in [0.2, 0.25) is 11.8 Å². The van der Waals surface area contributed by atoms with Crippen LogP contribution >= 0.6 is 0 Å². The molecule has 1 saturated carbocycles. The molecule has 1 unspecified atom stereocenters. The third-order valence-electron chi connectivity index (χ3n) is 6.82. The van der Waals surface area contributed by atoms with E-state index in [2.05, 4.69) is 26.1 Å². The van der Waals surface area contributed by atoms with Crippen LogP contribution in [0.2, 0.25) is 0 Å². The number of urea groups is 1. The van der Waals surface area contributed by atoms with Crippen molar-refractivity contribution in [3.63, 3.8) is 0 Å². The van der Waals surface area contributed by atoms with Gasteiger partial charge in [0.1, 0.15) is 23.9 Å². The highest BCUT2D eigenvalue weighted by Gasteiger charge is 2.53. The van der Waals surface area contributed by atoms with Crippen LogP contribution in [-0.2, 0) is 14.4 Å². The molecular weight excluding hydrogens is 415 g/mol. The number of hydrogen-bond acceptors (Lipinski definition) is 4. The molecule has 3 N–H and O–H groups in total.